The molecule has 180 valence electrons. The number of aliphatic hydroxyl groups is 1. The first kappa shape index (κ1) is 25.6. The van der Waals surface area contributed by atoms with Gasteiger partial charge in [-0.15, -0.1) is 0 Å². The number of ether oxygens (including phenoxy) is 1. The number of phosphoric ester groups is 1. The van der Waals surface area contributed by atoms with Crippen LogP contribution in [0.3, 0.4) is 0 Å². The molecule has 3 heterocycles. The van der Waals surface area contributed by atoms with Gasteiger partial charge >= 0.3 is 27.6 Å². The number of anilines is 1. The van der Waals surface area contributed by atoms with Crippen molar-refractivity contribution in [3.05, 3.63) is 12.7 Å². The Bertz CT molecular complexity index is 1160. The average Bonchev–Trinajstić information content (AvgIpc) is 3.22. The quantitative estimate of drug-likeness (QED) is 0.195. The Morgan fingerprint density at radius 2 is 1.94 bits per heavy atom. The van der Waals surface area contributed by atoms with Gasteiger partial charge in [-0.05, 0) is 0 Å². The van der Waals surface area contributed by atoms with Crippen LogP contribution >= 0.6 is 34.6 Å². The number of rotatable bonds is 8. The summed E-state index contributed by atoms with van der Waals surface area (Å²) >= 11 is 4.75. The van der Waals surface area contributed by atoms with Crippen LogP contribution in [0.5, 0.6) is 0 Å². The van der Waals surface area contributed by atoms with E-state index in [4.69, 9.17) is 31.9 Å². The summed E-state index contributed by atoms with van der Waals surface area (Å²) in [5, 5.41) is 10.2. The van der Waals surface area contributed by atoms with Crippen molar-refractivity contribution in [2.75, 3.05) is 12.3 Å². The third-order valence-corrected chi connectivity index (χ3v) is 10.6. The van der Waals surface area contributed by atoms with Crippen molar-refractivity contribution in [3.63, 3.8) is 0 Å². The van der Waals surface area contributed by atoms with Crippen LogP contribution < -0.4 is 5.73 Å². The van der Waals surface area contributed by atoms with Crippen LogP contribution in [0.1, 0.15) is 12.6 Å². The van der Waals surface area contributed by atoms with Crippen molar-refractivity contribution in [1.82, 2.24) is 19.5 Å². The average molecular weight is 542 g/mol. The molecule has 2 unspecified atom stereocenters. The smallest absolute Gasteiger partial charge is 0.390 e. The Balaban J connectivity index is 1.68. The van der Waals surface area contributed by atoms with E-state index >= 15 is 0 Å². The van der Waals surface area contributed by atoms with E-state index < -0.39 is 52.7 Å². The predicted octanol–water partition coefficient (Wildman–Crippen LogP) is 0.373. The molecule has 0 aromatic carbocycles. The predicted molar refractivity (Wildman–Crippen MR) is 103 cm³/mol. The number of nitrogen functional groups attached to an aromatic ring is 1. The molecule has 1 fully saturated rings. The van der Waals surface area contributed by atoms with Crippen molar-refractivity contribution in [2.24, 2.45) is 0 Å². The number of aromatic nitrogens is 4. The number of hydrogen-bond donors (Lipinski definition) is 6. The highest BCUT2D eigenvalue weighted by atomic mass is 35.5. The highest BCUT2D eigenvalue weighted by molar-refractivity contribution is 7.78. The van der Waals surface area contributed by atoms with Gasteiger partial charge in [-0.25, -0.2) is 23.8 Å². The molecule has 0 bridgehead atoms. The van der Waals surface area contributed by atoms with Crippen LogP contribution in [0, 0.1) is 0 Å². The maximum absolute atomic E-state index is 13.9. The van der Waals surface area contributed by atoms with Crippen molar-refractivity contribution < 1.29 is 56.3 Å². The molecule has 32 heavy (non-hydrogen) atoms. The van der Waals surface area contributed by atoms with Crippen LogP contribution in [0.4, 0.5) is 10.2 Å². The molecule has 0 saturated carbocycles. The van der Waals surface area contributed by atoms with Gasteiger partial charge in [0.2, 0.25) is 0 Å². The van der Waals surface area contributed by atoms with E-state index in [2.05, 4.69) is 23.8 Å². The first-order valence-electron chi connectivity index (χ1n) is 8.27. The van der Waals surface area contributed by atoms with Gasteiger partial charge in [-0.2, -0.15) is 4.39 Å². The Kier molecular flexibility index (Phi) is 6.88. The number of fused-ring (bicyclic) bond motifs is 1. The summed E-state index contributed by atoms with van der Waals surface area (Å²) in [6, 6.07) is 0. The Hall–Kier alpha value is -1.06. The molecule has 1 aliphatic rings. The second-order valence-corrected chi connectivity index (χ2v) is 13.0. The number of imidazole rings is 1. The van der Waals surface area contributed by atoms with Crippen LogP contribution in [0.2, 0.25) is 0 Å². The van der Waals surface area contributed by atoms with E-state index in [1.807, 2.05) is 0 Å². The summed E-state index contributed by atoms with van der Waals surface area (Å²) in [5.41, 5.74) is 6.22. The Morgan fingerprint density at radius 3 is 2.56 bits per heavy atom. The monoisotopic (exact) mass is 541 g/mol. The highest BCUT2D eigenvalue weighted by Crippen LogP contribution is 2.78. The summed E-state index contributed by atoms with van der Waals surface area (Å²) in [6.45, 7) is -0.910. The van der Waals surface area contributed by atoms with E-state index in [0.717, 1.165) is 0 Å². The van der Waals surface area contributed by atoms with Crippen molar-refractivity contribution in [1.29, 1.82) is 0 Å². The van der Waals surface area contributed by atoms with Crippen LogP contribution in [0.25, 0.3) is 11.2 Å². The zero-order valence-electron chi connectivity index (χ0n) is 15.5. The third kappa shape index (κ3) is 4.89. The molecule has 0 amide bonds. The zero-order valence-corrected chi connectivity index (χ0v) is 18.9. The third-order valence-electron chi connectivity index (χ3n) is 4.21. The number of hydrogen-bond acceptors (Lipinski definition) is 11. The zero-order chi connectivity index (χ0) is 24.1. The van der Waals surface area contributed by atoms with Gasteiger partial charge in [0.15, 0.2) is 11.5 Å². The molecule has 16 nitrogen and oxygen atoms in total. The maximum Gasteiger partial charge on any atom is 0.479 e. The summed E-state index contributed by atoms with van der Waals surface area (Å²) in [7, 11) is -18.0. The lowest BCUT2D eigenvalue weighted by atomic mass is 10.2. The van der Waals surface area contributed by atoms with Gasteiger partial charge in [0.25, 0.3) is 0 Å². The minimum absolute atomic E-state index is 0.0635. The van der Waals surface area contributed by atoms with Crippen LogP contribution in [-0.2, 0) is 27.3 Å². The van der Waals surface area contributed by atoms with Gasteiger partial charge in [0, 0.05) is 6.42 Å². The molecule has 1 saturated heterocycles. The largest absolute Gasteiger partial charge is 0.479 e. The number of nitrogens with two attached hydrogens (primary N) is 1. The first-order chi connectivity index (χ1) is 14.6. The number of halogens is 2. The van der Waals surface area contributed by atoms with Gasteiger partial charge in [0.1, 0.15) is 24.2 Å². The van der Waals surface area contributed by atoms with Crippen molar-refractivity contribution in [3.8, 4) is 0 Å². The summed E-state index contributed by atoms with van der Waals surface area (Å²) in [5.74, 6) is 0.0949. The van der Waals surface area contributed by atoms with E-state index in [1.165, 1.54) is 17.2 Å². The molecular formula is C11H16ClFN5O11P3. The number of alkyl halides is 2. The van der Waals surface area contributed by atoms with E-state index in [9.17, 15) is 33.0 Å². The maximum atomic E-state index is 13.9. The lowest BCUT2D eigenvalue weighted by Crippen LogP contribution is -2.26. The summed E-state index contributed by atoms with van der Waals surface area (Å²) in [4.78, 5) is 48.2. The van der Waals surface area contributed by atoms with Crippen molar-refractivity contribution in [2.45, 2.75) is 29.5 Å². The number of phosphoric acid groups is 1. The molecule has 21 heteroatoms. The van der Waals surface area contributed by atoms with Crippen molar-refractivity contribution >= 4 is 51.6 Å². The fourth-order valence-corrected chi connectivity index (χ4v) is 6.62. The molecule has 0 spiro atoms. The molecule has 0 aliphatic carbocycles. The molecule has 2 aromatic heterocycles. The highest BCUT2D eigenvalue weighted by Gasteiger charge is 2.64. The standard InChI is InChI=1S/C11H16ClFN5O11P3/c12-11(13,30(20,21)22)31(23,24)29-32(25,26)27-2-6-5(19)1-7(28-6)18-4-17-8-9(14)15-3-16-10(8)18/h3-7,19H,1-2H2,(H,23,24)(H,25,26)(H2,14,15,16)(H2,20,21,22)/t5-,6-,7+,11-/m1/s1. The van der Waals surface area contributed by atoms with Gasteiger partial charge in [-0.1, -0.05) is 11.6 Å². The minimum Gasteiger partial charge on any atom is -0.390 e. The van der Waals surface area contributed by atoms with Gasteiger partial charge in [0.05, 0.1) is 19.0 Å². The SMILES string of the molecule is Nc1ncnc2c1ncn2[C@@H]1C[C@@H](O)[C@@H](COP(=O)(O)OP(=O)(O)[C@@](F)(Cl)P(=O)(O)O)O1. The van der Waals surface area contributed by atoms with Crippen LogP contribution in [0.15, 0.2) is 12.7 Å². The molecular weight excluding hydrogens is 526 g/mol. The van der Waals surface area contributed by atoms with Gasteiger partial charge < -0.3 is 35.2 Å². The summed E-state index contributed by atoms with van der Waals surface area (Å²) in [6.07, 6.45) is -1.02. The van der Waals surface area contributed by atoms with E-state index in [-0.39, 0.29) is 23.4 Å². The number of nitrogens with zero attached hydrogens (tertiary/aromatic N) is 4. The molecule has 3 rings (SSSR count). The molecule has 7 N–H and O–H groups in total. The lowest BCUT2D eigenvalue weighted by Gasteiger charge is -2.25. The molecule has 6 atom stereocenters. The summed E-state index contributed by atoms with van der Waals surface area (Å²) < 4.78 is 58.8. The number of aliphatic hydroxyl groups excluding tert-OH is 1. The second-order valence-electron chi connectivity index (χ2n) is 6.44. The fraction of sp³-hybridized carbons (Fsp3) is 0.545. The van der Waals surface area contributed by atoms with Gasteiger partial charge in [-0.3, -0.25) is 18.2 Å². The van der Waals surface area contributed by atoms with Crippen LogP contribution in [-0.4, -0.2) is 67.6 Å². The Morgan fingerprint density at radius 1 is 1.28 bits per heavy atom. The molecule has 1 aliphatic heterocycles. The lowest BCUT2D eigenvalue weighted by molar-refractivity contribution is -0.0422. The molecule has 0 radical (unpaired) electrons. The van der Waals surface area contributed by atoms with E-state index in [1.54, 1.807) is 0 Å². The molecule has 2 aromatic rings. The normalized spacial score (nSPS) is 27.7. The Labute approximate surface area is 182 Å². The second kappa shape index (κ2) is 8.62. The van der Waals surface area contributed by atoms with E-state index in [0.29, 0.717) is 0 Å². The first-order valence-corrected chi connectivity index (χ1v) is 13.3. The fourth-order valence-electron chi connectivity index (χ4n) is 2.66. The minimum atomic E-state index is -6.24. The topological polar surface area (TPSA) is 250 Å².